The molecule has 0 fully saturated rings. The second kappa shape index (κ2) is 6.63. The van der Waals surface area contributed by atoms with Crippen LogP contribution in [0.4, 0.5) is 10.1 Å². The average Bonchev–Trinajstić information content (AvgIpc) is 2.56. The smallest absolute Gasteiger partial charge is 0.241 e. The van der Waals surface area contributed by atoms with Gasteiger partial charge in [0.05, 0.1) is 0 Å². The molecule has 3 atom stereocenters. The highest BCUT2D eigenvalue weighted by atomic mass is 127. The quantitative estimate of drug-likeness (QED) is 0.553. The summed E-state index contributed by atoms with van der Waals surface area (Å²) in [5, 5.41) is 4.93. The third-order valence-electron chi connectivity index (χ3n) is 4.35. The molecule has 1 N–H and O–H groups in total. The van der Waals surface area contributed by atoms with Crippen molar-refractivity contribution in [2.45, 2.75) is 23.4 Å². The zero-order valence-corrected chi connectivity index (χ0v) is 15.6. The first-order valence-corrected chi connectivity index (χ1v) is 9.00. The Morgan fingerprint density at radius 2 is 2.17 bits per heavy atom. The number of alkyl halides is 2. The van der Waals surface area contributed by atoms with Crippen LogP contribution in [0, 0.1) is 5.92 Å². The van der Waals surface area contributed by atoms with Gasteiger partial charge in [-0.1, -0.05) is 47.7 Å². The molecular weight excluding hydrogens is 418 g/mol. The summed E-state index contributed by atoms with van der Waals surface area (Å²) in [4.78, 5) is 16.6. The highest BCUT2D eigenvalue weighted by Crippen LogP contribution is 2.33. The summed E-state index contributed by atoms with van der Waals surface area (Å²) in [7, 11) is 0. The minimum atomic E-state index is -1.43. The zero-order valence-electron chi connectivity index (χ0n) is 13.5. The number of rotatable bonds is 3. The molecule has 0 spiro atoms. The number of carbonyl (C=O) groups is 1. The Labute approximate surface area is 154 Å². The zero-order chi connectivity index (χ0) is 17.3. The maximum atomic E-state index is 14.5. The van der Waals surface area contributed by atoms with Gasteiger partial charge >= 0.3 is 0 Å². The van der Waals surface area contributed by atoms with Gasteiger partial charge in [0, 0.05) is 29.4 Å². The van der Waals surface area contributed by atoms with E-state index in [0.717, 1.165) is 16.5 Å². The van der Waals surface area contributed by atoms with Gasteiger partial charge in [-0.15, -0.1) is 0 Å². The van der Waals surface area contributed by atoms with Gasteiger partial charge in [-0.25, -0.2) is 4.39 Å². The van der Waals surface area contributed by atoms with Gasteiger partial charge in [-0.2, -0.15) is 0 Å². The lowest BCUT2D eigenvalue weighted by molar-refractivity contribution is -0.114. The van der Waals surface area contributed by atoms with Gasteiger partial charge in [-0.3, -0.25) is 9.78 Å². The minimum absolute atomic E-state index is 0.162. The highest BCUT2D eigenvalue weighted by Gasteiger charge is 2.32. The molecule has 0 saturated heterocycles. The topological polar surface area (TPSA) is 42.0 Å². The second-order valence-corrected chi connectivity index (χ2v) is 7.48. The molecule has 3 nitrogen and oxygen atoms in total. The number of fused-ring (bicyclic) bond motifs is 1. The van der Waals surface area contributed by atoms with Crippen LogP contribution >= 0.6 is 22.6 Å². The van der Waals surface area contributed by atoms with Crippen LogP contribution in [-0.2, 0) is 4.79 Å². The maximum Gasteiger partial charge on any atom is 0.241 e. The molecule has 1 aromatic heterocycles. The van der Waals surface area contributed by atoms with Crippen LogP contribution in [-0.4, -0.2) is 20.5 Å². The Morgan fingerprint density at radius 1 is 1.38 bits per heavy atom. The Balaban J connectivity index is 1.77. The Bertz CT molecular complexity index is 844. The standard InChI is InChI=1S/C19H18FIN2O/c1-12-3-4-14(10-19(12,2)20)17(21)18(24)23-16-6-5-15-11-22-8-7-13(15)9-16/h3-12,17H,1-2H3,(H,23,24)/t12?,17-,19?/m1/s1. The molecule has 0 aliphatic heterocycles. The molecule has 1 aliphatic rings. The Hall–Kier alpha value is -1.76. The molecule has 24 heavy (non-hydrogen) atoms. The van der Waals surface area contributed by atoms with E-state index in [0.29, 0.717) is 5.57 Å². The molecule has 0 bridgehead atoms. The van der Waals surface area contributed by atoms with E-state index in [4.69, 9.17) is 0 Å². The maximum absolute atomic E-state index is 14.5. The largest absolute Gasteiger partial charge is 0.325 e. The Morgan fingerprint density at radius 3 is 2.92 bits per heavy atom. The molecule has 1 aliphatic carbocycles. The summed E-state index contributed by atoms with van der Waals surface area (Å²) in [6, 6.07) is 7.57. The first-order chi connectivity index (χ1) is 11.4. The third-order valence-corrected chi connectivity index (χ3v) is 5.63. The molecule has 0 saturated carbocycles. The van der Waals surface area contributed by atoms with E-state index in [1.807, 2.05) is 65.9 Å². The number of carbonyl (C=O) groups excluding carboxylic acids is 1. The van der Waals surface area contributed by atoms with E-state index in [-0.39, 0.29) is 11.8 Å². The van der Waals surface area contributed by atoms with Gasteiger partial charge in [0.15, 0.2) is 0 Å². The lowest BCUT2D eigenvalue weighted by atomic mass is 9.85. The molecule has 1 heterocycles. The van der Waals surface area contributed by atoms with Gasteiger partial charge in [-0.05, 0) is 42.2 Å². The van der Waals surface area contributed by atoms with Gasteiger partial charge in [0.1, 0.15) is 9.59 Å². The number of halogens is 2. The normalized spacial score (nSPS) is 24.5. The van der Waals surface area contributed by atoms with Gasteiger partial charge in [0.2, 0.25) is 5.91 Å². The van der Waals surface area contributed by atoms with Crippen molar-refractivity contribution in [3.05, 3.63) is 60.5 Å². The van der Waals surface area contributed by atoms with Crippen LogP contribution in [0.15, 0.2) is 60.5 Å². The predicted molar refractivity (Wildman–Crippen MR) is 104 cm³/mol. The molecule has 2 unspecified atom stereocenters. The minimum Gasteiger partial charge on any atom is -0.325 e. The molecule has 124 valence electrons. The molecule has 0 radical (unpaired) electrons. The van der Waals surface area contributed by atoms with Crippen molar-refractivity contribution in [3.8, 4) is 0 Å². The lowest BCUT2D eigenvalue weighted by Crippen LogP contribution is -2.31. The number of pyridine rings is 1. The monoisotopic (exact) mass is 436 g/mol. The van der Waals surface area contributed by atoms with E-state index in [9.17, 15) is 9.18 Å². The number of anilines is 1. The van der Waals surface area contributed by atoms with Crippen LogP contribution in [0.3, 0.4) is 0 Å². The van der Waals surface area contributed by atoms with E-state index in [1.54, 1.807) is 25.4 Å². The van der Waals surface area contributed by atoms with E-state index < -0.39 is 9.59 Å². The van der Waals surface area contributed by atoms with Crippen LogP contribution < -0.4 is 5.32 Å². The second-order valence-electron chi connectivity index (χ2n) is 6.23. The number of hydrogen-bond donors (Lipinski definition) is 1. The van der Waals surface area contributed by atoms with E-state index >= 15 is 0 Å². The van der Waals surface area contributed by atoms with E-state index in [2.05, 4.69) is 10.3 Å². The number of allylic oxidation sites excluding steroid dienone is 3. The molecule has 5 heteroatoms. The number of aromatic nitrogens is 1. The van der Waals surface area contributed by atoms with Crippen molar-refractivity contribution in [1.29, 1.82) is 0 Å². The third kappa shape index (κ3) is 3.50. The molecule has 1 amide bonds. The summed E-state index contributed by atoms with van der Waals surface area (Å²) in [5.74, 6) is -0.354. The number of nitrogens with zero attached hydrogens (tertiary/aromatic N) is 1. The van der Waals surface area contributed by atoms with Crippen molar-refractivity contribution < 1.29 is 9.18 Å². The van der Waals surface area contributed by atoms with Crippen LogP contribution in [0.25, 0.3) is 10.8 Å². The Kier molecular flexibility index (Phi) is 4.71. The molecule has 1 aromatic carbocycles. The molecular formula is C19H18FIN2O. The molecule has 3 rings (SSSR count). The first kappa shape index (κ1) is 17.1. The summed E-state index contributed by atoms with van der Waals surface area (Å²) < 4.78 is 14.0. The predicted octanol–water partition coefficient (Wildman–Crippen LogP) is 4.84. The van der Waals surface area contributed by atoms with E-state index in [1.165, 1.54) is 0 Å². The van der Waals surface area contributed by atoms with Crippen molar-refractivity contribution in [1.82, 2.24) is 4.98 Å². The summed E-state index contributed by atoms with van der Waals surface area (Å²) in [5.41, 5.74) is -0.0117. The summed E-state index contributed by atoms with van der Waals surface area (Å²) in [6.45, 7) is 3.37. The fraction of sp³-hybridized carbons (Fsp3) is 0.263. The summed E-state index contributed by atoms with van der Waals surface area (Å²) >= 11 is 2.05. The van der Waals surface area contributed by atoms with Crippen LogP contribution in [0.1, 0.15) is 13.8 Å². The fourth-order valence-electron chi connectivity index (χ4n) is 2.62. The number of hydrogen-bond acceptors (Lipinski definition) is 2. The highest BCUT2D eigenvalue weighted by molar-refractivity contribution is 14.1. The van der Waals surface area contributed by atoms with Gasteiger partial charge in [0.25, 0.3) is 0 Å². The first-order valence-electron chi connectivity index (χ1n) is 7.75. The summed E-state index contributed by atoms with van der Waals surface area (Å²) in [6.07, 6.45) is 8.71. The average molecular weight is 436 g/mol. The van der Waals surface area contributed by atoms with Gasteiger partial charge < -0.3 is 5.32 Å². The number of benzene rings is 1. The SMILES string of the molecule is CC1C=CC([C@@H](I)C(=O)Nc2ccc3cnccc3c2)=CC1(C)F. The van der Waals surface area contributed by atoms with Crippen molar-refractivity contribution >= 4 is 45.0 Å². The number of nitrogens with one attached hydrogen (secondary N) is 1. The van der Waals surface area contributed by atoms with Crippen molar-refractivity contribution in [3.63, 3.8) is 0 Å². The van der Waals surface area contributed by atoms with Crippen LogP contribution in [0.2, 0.25) is 0 Å². The molecule has 2 aromatic rings. The van der Waals surface area contributed by atoms with Crippen LogP contribution in [0.5, 0.6) is 0 Å². The van der Waals surface area contributed by atoms with Crippen molar-refractivity contribution in [2.24, 2.45) is 5.92 Å². The number of amides is 1. The fourth-order valence-corrected chi connectivity index (χ4v) is 3.17. The van der Waals surface area contributed by atoms with Crippen molar-refractivity contribution in [2.75, 3.05) is 5.32 Å². The lowest BCUT2D eigenvalue weighted by Gasteiger charge is -2.27.